The second-order valence-corrected chi connectivity index (χ2v) is 12.0. The lowest BCUT2D eigenvalue weighted by Crippen LogP contribution is -2.73. The van der Waals surface area contributed by atoms with Crippen LogP contribution in [0, 0.1) is 11.6 Å². The Kier molecular flexibility index (Phi) is 9.94. The van der Waals surface area contributed by atoms with Crippen LogP contribution in [0.15, 0.2) is 60.8 Å². The summed E-state index contributed by atoms with van der Waals surface area (Å²) in [5.41, 5.74) is 0.141. The number of halogens is 2. The number of hydrogen-bond acceptors (Lipinski definition) is 5. The van der Waals surface area contributed by atoms with E-state index in [0.29, 0.717) is 31.1 Å². The number of carbonyl (C=O) groups excluding carboxylic acids is 2. The standard InChI is InChI=1S/C33H42F2N4O3/c1-6-23(27-15-10-24(34)18-28(27)35)17-22(2)31(41)38-33(20-39(21-33)25-11-13-26(42-5)14-12-25)19-30(40)37-32(3,4)29-9-7-8-16-36-29/h7-10,15-18,25-26H,2,6,11-14,19-21H2,1,3-5H3,(H,37,40)(H,38,41)/b23-17+. The molecular formula is C33H42F2N4O3. The van der Waals surface area contributed by atoms with Crippen molar-refractivity contribution in [2.24, 2.45) is 0 Å². The summed E-state index contributed by atoms with van der Waals surface area (Å²) in [6, 6.07) is 9.31. The lowest BCUT2D eigenvalue weighted by atomic mass is 9.80. The first-order chi connectivity index (χ1) is 19.9. The molecule has 1 aliphatic heterocycles. The van der Waals surface area contributed by atoms with E-state index in [9.17, 15) is 18.4 Å². The number of aromatic nitrogens is 1. The molecular weight excluding hydrogens is 538 g/mol. The van der Waals surface area contributed by atoms with E-state index < -0.39 is 28.6 Å². The molecule has 0 bridgehead atoms. The molecule has 1 aromatic carbocycles. The summed E-state index contributed by atoms with van der Waals surface area (Å²) in [4.78, 5) is 33.6. The zero-order valence-corrected chi connectivity index (χ0v) is 25.0. The molecule has 2 amide bonds. The number of nitrogens with one attached hydrogen (secondary N) is 2. The fourth-order valence-electron chi connectivity index (χ4n) is 6.08. The van der Waals surface area contributed by atoms with Crippen LogP contribution in [0.25, 0.3) is 5.57 Å². The molecule has 2 fully saturated rings. The van der Waals surface area contributed by atoms with E-state index in [1.54, 1.807) is 13.3 Å². The predicted octanol–water partition coefficient (Wildman–Crippen LogP) is 5.28. The second kappa shape index (κ2) is 13.3. The van der Waals surface area contributed by atoms with Crippen molar-refractivity contribution in [3.8, 4) is 0 Å². The first-order valence-electron chi connectivity index (χ1n) is 14.6. The van der Waals surface area contributed by atoms with Crippen LogP contribution >= 0.6 is 0 Å². The van der Waals surface area contributed by atoms with Crippen LogP contribution in [0.4, 0.5) is 8.78 Å². The Morgan fingerprint density at radius 1 is 1.17 bits per heavy atom. The van der Waals surface area contributed by atoms with E-state index >= 15 is 0 Å². The number of nitrogens with zero attached hydrogens (tertiary/aromatic N) is 2. The van der Waals surface area contributed by atoms with Gasteiger partial charge in [-0.2, -0.15) is 0 Å². The summed E-state index contributed by atoms with van der Waals surface area (Å²) in [7, 11) is 1.75. The van der Waals surface area contributed by atoms with Gasteiger partial charge in [0.05, 0.1) is 29.3 Å². The molecule has 9 heteroatoms. The molecule has 0 atom stereocenters. The third-order valence-corrected chi connectivity index (χ3v) is 8.44. The number of methoxy groups -OCH3 is 1. The number of hydrogen-bond donors (Lipinski definition) is 2. The maximum Gasteiger partial charge on any atom is 0.251 e. The number of allylic oxidation sites excluding steroid dienone is 1. The molecule has 2 heterocycles. The van der Waals surface area contributed by atoms with Crippen LogP contribution in [0.2, 0.25) is 0 Å². The second-order valence-electron chi connectivity index (χ2n) is 12.0. The first kappa shape index (κ1) is 31.5. The van der Waals surface area contributed by atoms with Crippen molar-refractivity contribution in [3.63, 3.8) is 0 Å². The normalized spacial score (nSPS) is 20.9. The van der Waals surface area contributed by atoms with Crippen molar-refractivity contribution in [2.45, 2.75) is 82.5 Å². The number of benzene rings is 1. The van der Waals surface area contributed by atoms with Crippen molar-refractivity contribution in [3.05, 3.63) is 83.7 Å². The van der Waals surface area contributed by atoms with Gasteiger partial charge in [0.25, 0.3) is 5.91 Å². The van der Waals surface area contributed by atoms with Gasteiger partial charge in [-0.3, -0.25) is 19.5 Å². The van der Waals surface area contributed by atoms with E-state index in [-0.39, 0.29) is 29.6 Å². The van der Waals surface area contributed by atoms with Crippen LogP contribution in [-0.4, -0.2) is 59.6 Å². The Morgan fingerprint density at radius 2 is 1.88 bits per heavy atom. The molecule has 1 aliphatic carbocycles. The van der Waals surface area contributed by atoms with Crippen molar-refractivity contribution < 1.29 is 23.1 Å². The third kappa shape index (κ3) is 7.50. The molecule has 4 rings (SSSR count). The minimum Gasteiger partial charge on any atom is -0.381 e. The van der Waals surface area contributed by atoms with E-state index in [4.69, 9.17) is 4.74 Å². The maximum absolute atomic E-state index is 14.5. The highest BCUT2D eigenvalue weighted by Crippen LogP contribution is 2.34. The van der Waals surface area contributed by atoms with Gasteiger partial charge in [0.2, 0.25) is 5.91 Å². The van der Waals surface area contributed by atoms with Crippen molar-refractivity contribution in [2.75, 3.05) is 20.2 Å². The van der Waals surface area contributed by atoms with Crippen LogP contribution in [-0.2, 0) is 19.9 Å². The number of ether oxygens (including phenoxy) is 1. The lowest BCUT2D eigenvalue weighted by Gasteiger charge is -2.54. The molecule has 226 valence electrons. The zero-order chi connectivity index (χ0) is 30.5. The SMILES string of the molecule is C=C(/C=C(\CC)c1ccc(F)cc1F)C(=O)NC1(CC(=O)NC(C)(C)c2ccccn2)CN(C2CCC(OC)CC2)C1. The van der Waals surface area contributed by atoms with Gasteiger partial charge in [0, 0.05) is 49.6 Å². The van der Waals surface area contributed by atoms with E-state index in [1.807, 2.05) is 39.0 Å². The van der Waals surface area contributed by atoms with E-state index in [1.165, 1.54) is 18.2 Å². The van der Waals surface area contributed by atoms with Gasteiger partial charge in [-0.1, -0.05) is 19.6 Å². The summed E-state index contributed by atoms with van der Waals surface area (Å²) in [5.74, 6) is -1.99. The van der Waals surface area contributed by atoms with Crippen molar-refractivity contribution in [1.29, 1.82) is 0 Å². The monoisotopic (exact) mass is 580 g/mol. The molecule has 42 heavy (non-hydrogen) atoms. The van der Waals surface area contributed by atoms with Crippen molar-refractivity contribution in [1.82, 2.24) is 20.5 Å². The largest absolute Gasteiger partial charge is 0.381 e. The highest BCUT2D eigenvalue weighted by Gasteiger charge is 2.48. The van der Waals surface area contributed by atoms with Crippen LogP contribution in [0.1, 0.15) is 70.6 Å². The molecule has 2 aliphatic rings. The first-order valence-corrected chi connectivity index (χ1v) is 14.6. The van der Waals surface area contributed by atoms with Crippen LogP contribution in [0.5, 0.6) is 0 Å². The quantitative estimate of drug-likeness (QED) is 0.279. The van der Waals surface area contributed by atoms with Crippen LogP contribution < -0.4 is 10.6 Å². The topological polar surface area (TPSA) is 83.6 Å². The van der Waals surface area contributed by atoms with Gasteiger partial charge < -0.3 is 15.4 Å². The molecule has 0 unspecified atom stereocenters. The summed E-state index contributed by atoms with van der Waals surface area (Å²) in [6.07, 6.45) is 7.97. The van der Waals surface area contributed by atoms with E-state index in [2.05, 4.69) is 27.1 Å². The van der Waals surface area contributed by atoms with Gasteiger partial charge >= 0.3 is 0 Å². The highest BCUT2D eigenvalue weighted by atomic mass is 19.1. The van der Waals surface area contributed by atoms with Crippen molar-refractivity contribution >= 4 is 17.4 Å². The molecule has 2 aromatic rings. The third-order valence-electron chi connectivity index (χ3n) is 8.44. The molecule has 0 radical (unpaired) electrons. The minimum atomic E-state index is -0.788. The molecule has 1 saturated carbocycles. The smallest absolute Gasteiger partial charge is 0.251 e. The maximum atomic E-state index is 14.5. The van der Waals surface area contributed by atoms with Gasteiger partial charge in [-0.15, -0.1) is 0 Å². The minimum absolute atomic E-state index is 0.0864. The average Bonchev–Trinajstić information content (AvgIpc) is 2.94. The Bertz CT molecular complexity index is 1310. The highest BCUT2D eigenvalue weighted by molar-refractivity contribution is 5.98. The summed E-state index contributed by atoms with van der Waals surface area (Å²) < 4.78 is 33.4. The molecule has 7 nitrogen and oxygen atoms in total. The number of likely N-dealkylation sites (tertiary alicyclic amines) is 1. The Labute approximate surface area is 247 Å². The number of amides is 2. The number of pyridine rings is 1. The Balaban J connectivity index is 1.49. The fraction of sp³-hybridized carbons (Fsp3) is 0.485. The molecule has 1 saturated heterocycles. The average molecular weight is 581 g/mol. The Hall–Kier alpha value is -3.43. The lowest BCUT2D eigenvalue weighted by molar-refractivity contribution is -0.130. The zero-order valence-electron chi connectivity index (χ0n) is 25.0. The van der Waals surface area contributed by atoms with Gasteiger partial charge in [-0.05, 0) is 81.9 Å². The van der Waals surface area contributed by atoms with Crippen LogP contribution in [0.3, 0.4) is 0 Å². The fourth-order valence-corrected chi connectivity index (χ4v) is 6.08. The Morgan fingerprint density at radius 3 is 2.48 bits per heavy atom. The summed E-state index contributed by atoms with van der Waals surface area (Å²) >= 11 is 0. The van der Waals surface area contributed by atoms with Gasteiger partial charge in [0.1, 0.15) is 11.6 Å². The summed E-state index contributed by atoms with van der Waals surface area (Å²) in [5, 5.41) is 6.19. The van der Waals surface area contributed by atoms with Gasteiger partial charge in [0.15, 0.2) is 0 Å². The van der Waals surface area contributed by atoms with Gasteiger partial charge in [-0.25, -0.2) is 8.78 Å². The molecule has 1 aromatic heterocycles. The summed E-state index contributed by atoms with van der Waals surface area (Å²) in [6.45, 7) is 10.6. The van der Waals surface area contributed by atoms with E-state index in [0.717, 1.165) is 37.4 Å². The number of carbonyl (C=O) groups is 2. The molecule has 2 N–H and O–H groups in total. The molecule has 0 spiro atoms. The number of rotatable bonds is 11. The predicted molar refractivity (Wildman–Crippen MR) is 159 cm³/mol.